The van der Waals surface area contributed by atoms with Gasteiger partial charge in [-0.3, -0.25) is 4.79 Å². The number of nitrogens with one attached hydrogen (secondary N) is 2. The molecule has 1 aromatic rings. The van der Waals surface area contributed by atoms with Crippen molar-refractivity contribution in [1.29, 1.82) is 0 Å². The van der Waals surface area contributed by atoms with Gasteiger partial charge in [0.1, 0.15) is 0 Å². The number of carbonyl (C=O) groups is 1. The Hall–Kier alpha value is -1.51. The Morgan fingerprint density at radius 2 is 1.93 bits per heavy atom. The lowest BCUT2D eigenvalue weighted by Crippen LogP contribution is -2.30. The van der Waals surface area contributed by atoms with E-state index in [-0.39, 0.29) is 17.9 Å². The maximum Gasteiger partial charge on any atom is 0.229 e. The molecule has 1 aliphatic heterocycles. The molecule has 0 bridgehead atoms. The molecule has 0 fully saturated rings. The molecule has 0 aromatic heterocycles. The SMILES string of the molecule is Cc1ccc2c(c1)NC(C)C(C)C(=O)N2. The summed E-state index contributed by atoms with van der Waals surface area (Å²) in [4.78, 5) is 11.7. The molecule has 2 atom stereocenters. The Morgan fingerprint density at radius 3 is 2.67 bits per heavy atom. The topological polar surface area (TPSA) is 41.1 Å². The summed E-state index contributed by atoms with van der Waals surface area (Å²) >= 11 is 0. The van der Waals surface area contributed by atoms with E-state index in [9.17, 15) is 4.79 Å². The van der Waals surface area contributed by atoms with Gasteiger partial charge in [-0.2, -0.15) is 0 Å². The van der Waals surface area contributed by atoms with Gasteiger partial charge in [-0.05, 0) is 31.5 Å². The molecule has 0 saturated carbocycles. The maximum atomic E-state index is 11.7. The van der Waals surface area contributed by atoms with Gasteiger partial charge in [0.15, 0.2) is 0 Å². The normalized spacial score (nSPS) is 24.9. The second kappa shape index (κ2) is 3.57. The van der Waals surface area contributed by atoms with Gasteiger partial charge >= 0.3 is 0 Å². The molecule has 2 rings (SSSR count). The molecule has 0 spiro atoms. The monoisotopic (exact) mass is 204 g/mol. The summed E-state index contributed by atoms with van der Waals surface area (Å²) < 4.78 is 0. The van der Waals surface area contributed by atoms with Crippen molar-refractivity contribution in [2.75, 3.05) is 10.6 Å². The lowest BCUT2D eigenvalue weighted by Gasteiger charge is -2.16. The van der Waals surface area contributed by atoms with Gasteiger partial charge in [0.05, 0.1) is 17.3 Å². The van der Waals surface area contributed by atoms with E-state index >= 15 is 0 Å². The zero-order valence-electron chi connectivity index (χ0n) is 9.29. The molecule has 2 N–H and O–H groups in total. The first-order valence-corrected chi connectivity index (χ1v) is 5.26. The highest BCUT2D eigenvalue weighted by molar-refractivity contribution is 5.97. The third-order valence-corrected chi connectivity index (χ3v) is 2.98. The molecule has 1 aliphatic rings. The maximum absolute atomic E-state index is 11.7. The smallest absolute Gasteiger partial charge is 0.229 e. The summed E-state index contributed by atoms with van der Waals surface area (Å²) in [6.45, 7) is 6.01. The van der Waals surface area contributed by atoms with E-state index in [0.717, 1.165) is 11.4 Å². The van der Waals surface area contributed by atoms with E-state index in [1.54, 1.807) is 0 Å². The highest BCUT2D eigenvalue weighted by Crippen LogP contribution is 2.28. The molecule has 0 radical (unpaired) electrons. The summed E-state index contributed by atoms with van der Waals surface area (Å²) in [5, 5.41) is 6.29. The quantitative estimate of drug-likeness (QED) is 0.681. The van der Waals surface area contributed by atoms with Crippen molar-refractivity contribution >= 4 is 17.3 Å². The molecule has 1 heterocycles. The van der Waals surface area contributed by atoms with Crippen LogP contribution in [0, 0.1) is 12.8 Å². The van der Waals surface area contributed by atoms with E-state index in [1.165, 1.54) is 5.56 Å². The van der Waals surface area contributed by atoms with Crippen LogP contribution in [-0.2, 0) is 4.79 Å². The van der Waals surface area contributed by atoms with Crippen molar-refractivity contribution in [1.82, 2.24) is 0 Å². The fourth-order valence-electron chi connectivity index (χ4n) is 1.73. The first-order valence-electron chi connectivity index (χ1n) is 5.26. The Bertz CT molecular complexity index is 401. The molecule has 80 valence electrons. The van der Waals surface area contributed by atoms with Gasteiger partial charge in [0, 0.05) is 6.04 Å². The Labute approximate surface area is 89.9 Å². The van der Waals surface area contributed by atoms with E-state index < -0.39 is 0 Å². The zero-order chi connectivity index (χ0) is 11.0. The van der Waals surface area contributed by atoms with Gasteiger partial charge in [0.25, 0.3) is 0 Å². The molecule has 0 aliphatic carbocycles. The minimum absolute atomic E-state index is 0.0160. The predicted octanol–water partition coefficient (Wildman–Crippen LogP) is 2.38. The predicted molar refractivity (Wildman–Crippen MR) is 62.1 cm³/mol. The highest BCUT2D eigenvalue weighted by atomic mass is 16.1. The van der Waals surface area contributed by atoms with Crippen LogP contribution in [-0.4, -0.2) is 11.9 Å². The fourth-order valence-corrected chi connectivity index (χ4v) is 1.73. The zero-order valence-corrected chi connectivity index (χ0v) is 9.29. The molecule has 0 saturated heterocycles. The first-order chi connectivity index (χ1) is 7.08. The van der Waals surface area contributed by atoms with Crippen LogP contribution in [0.4, 0.5) is 11.4 Å². The van der Waals surface area contributed by atoms with Gasteiger partial charge in [-0.25, -0.2) is 0 Å². The fraction of sp³-hybridized carbons (Fsp3) is 0.417. The molecule has 3 nitrogen and oxygen atoms in total. The number of fused-ring (bicyclic) bond motifs is 1. The van der Waals surface area contributed by atoms with Crippen LogP contribution in [0.3, 0.4) is 0 Å². The number of carbonyl (C=O) groups excluding carboxylic acids is 1. The van der Waals surface area contributed by atoms with Gasteiger partial charge in [-0.1, -0.05) is 13.0 Å². The molecular weight excluding hydrogens is 188 g/mol. The lowest BCUT2D eigenvalue weighted by molar-refractivity contribution is -0.119. The molecule has 2 unspecified atom stereocenters. The van der Waals surface area contributed by atoms with Crippen LogP contribution >= 0.6 is 0 Å². The number of amides is 1. The first kappa shape index (κ1) is 10.0. The highest BCUT2D eigenvalue weighted by Gasteiger charge is 2.25. The van der Waals surface area contributed by atoms with Crippen molar-refractivity contribution < 1.29 is 4.79 Å². The number of benzene rings is 1. The summed E-state index contributed by atoms with van der Waals surface area (Å²) in [7, 11) is 0. The van der Waals surface area contributed by atoms with E-state index in [0.29, 0.717) is 0 Å². The Morgan fingerprint density at radius 1 is 1.20 bits per heavy atom. The Kier molecular flexibility index (Phi) is 2.39. The van der Waals surface area contributed by atoms with E-state index in [1.807, 2.05) is 32.9 Å². The number of rotatable bonds is 0. The number of hydrogen-bond acceptors (Lipinski definition) is 2. The van der Waals surface area contributed by atoms with Crippen LogP contribution < -0.4 is 10.6 Å². The number of aryl methyl sites for hydroxylation is 1. The molecule has 15 heavy (non-hydrogen) atoms. The number of anilines is 2. The molecule has 1 aromatic carbocycles. The van der Waals surface area contributed by atoms with Gasteiger partial charge in [0.2, 0.25) is 5.91 Å². The Balaban J connectivity index is 2.42. The molecule has 3 heteroatoms. The second-order valence-corrected chi connectivity index (χ2v) is 4.26. The van der Waals surface area contributed by atoms with Crippen molar-refractivity contribution in [3.05, 3.63) is 23.8 Å². The van der Waals surface area contributed by atoms with Crippen LogP contribution in [0.25, 0.3) is 0 Å². The molecule has 1 amide bonds. The third-order valence-electron chi connectivity index (χ3n) is 2.98. The van der Waals surface area contributed by atoms with Gasteiger partial charge in [-0.15, -0.1) is 0 Å². The van der Waals surface area contributed by atoms with Crippen molar-refractivity contribution in [3.8, 4) is 0 Å². The average Bonchev–Trinajstić information content (AvgIpc) is 2.29. The van der Waals surface area contributed by atoms with Crippen molar-refractivity contribution in [2.45, 2.75) is 26.8 Å². The van der Waals surface area contributed by atoms with Gasteiger partial charge < -0.3 is 10.6 Å². The van der Waals surface area contributed by atoms with Crippen LogP contribution in [0.5, 0.6) is 0 Å². The number of hydrogen-bond donors (Lipinski definition) is 2. The standard InChI is InChI=1S/C12H16N2O/c1-7-4-5-10-11(6-7)13-9(3)8(2)12(15)14-10/h4-6,8-9,13H,1-3H3,(H,14,15). The second-order valence-electron chi connectivity index (χ2n) is 4.26. The summed E-state index contributed by atoms with van der Waals surface area (Å²) in [5.74, 6) is 0.0651. The van der Waals surface area contributed by atoms with E-state index in [2.05, 4.69) is 16.7 Å². The van der Waals surface area contributed by atoms with E-state index in [4.69, 9.17) is 0 Å². The summed E-state index contributed by atoms with van der Waals surface area (Å²) in [6.07, 6.45) is 0. The summed E-state index contributed by atoms with van der Waals surface area (Å²) in [5.41, 5.74) is 3.08. The van der Waals surface area contributed by atoms with Crippen LogP contribution in [0.2, 0.25) is 0 Å². The van der Waals surface area contributed by atoms with Crippen LogP contribution in [0.1, 0.15) is 19.4 Å². The summed E-state index contributed by atoms with van der Waals surface area (Å²) in [6, 6.07) is 6.17. The largest absolute Gasteiger partial charge is 0.380 e. The minimum atomic E-state index is -0.0160. The minimum Gasteiger partial charge on any atom is -0.380 e. The molecular formula is C12H16N2O. The van der Waals surface area contributed by atoms with Crippen molar-refractivity contribution in [2.24, 2.45) is 5.92 Å². The van der Waals surface area contributed by atoms with Crippen molar-refractivity contribution in [3.63, 3.8) is 0 Å². The average molecular weight is 204 g/mol. The third kappa shape index (κ3) is 1.82. The lowest BCUT2D eigenvalue weighted by atomic mass is 10.0. The van der Waals surface area contributed by atoms with Crippen LogP contribution in [0.15, 0.2) is 18.2 Å².